The van der Waals surface area contributed by atoms with Crippen molar-refractivity contribution in [2.75, 3.05) is 20.1 Å². The van der Waals surface area contributed by atoms with Crippen molar-refractivity contribution in [2.24, 2.45) is 11.1 Å². The minimum Gasteiger partial charge on any atom is -0.341 e. The third-order valence-corrected chi connectivity index (χ3v) is 3.44. The van der Waals surface area contributed by atoms with Crippen molar-refractivity contribution in [3.8, 4) is 0 Å². The number of hydrogen-bond donors (Lipinski definition) is 1. The lowest BCUT2D eigenvalue weighted by Crippen LogP contribution is -2.40. The molecule has 1 heterocycles. The number of nitrogens with two attached hydrogens (primary N) is 1. The molecule has 0 bridgehead atoms. The van der Waals surface area contributed by atoms with Crippen molar-refractivity contribution in [3.63, 3.8) is 0 Å². The Morgan fingerprint density at radius 1 is 1.33 bits per heavy atom. The van der Waals surface area contributed by atoms with Crippen LogP contribution in [0, 0.1) is 12.3 Å². The van der Waals surface area contributed by atoms with E-state index in [9.17, 15) is 4.79 Å². The highest BCUT2D eigenvalue weighted by Crippen LogP contribution is 2.21. The van der Waals surface area contributed by atoms with Gasteiger partial charge in [-0.05, 0) is 39.7 Å². The van der Waals surface area contributed by atoms with Crippen molar-refractivity contribution >= 4 is 18.3 Å². The molecule has 0 aromatic carbocycles. The fourth-order valence-corrected chi connectivity index (χ4v) is 2.28. The standard InChI is InChI=1S/C15H28N4O.ClH/c1-11-12(8-17-19(11)14(2,3)4)13(20)18(7)10-15(5,6)9-16;/h8H,9-10,16H2,1-7H3;1H. The van der Waals surface area contributed by atoms with E-state index in [-0.39, 0.29) is 29.3 Å². The molecule has 0 unspecified atom stereocenters. The summed E-state index contributed by atoms with van der Waals surface area (Å²) in [6.07, 6.45) is 1.66. The Morgan fingerprint density at radius 2 is 1.86 bits per heavy atom. The molecule has 1 aromatic heterocycles. The van der Waals surface area contributed by atoms with Crippen molar-refractivity contribution in [2.45, 2.75) is 47.1 Å². The summed E-state index contributed by atoms with van der Waals surface area (Å²) < 4.78 is 1.89. The van der Waals surface area contributed by atoms with E-state index in [0.717, 1.165) is 5.69 Å². The summed E-state index contributed by atoms with van der Waals surface area (Å²) in [4.78, 5) is 14.3. The molecule has 0 atom stereocenters. The van der Waals surface area contributed by atoms with Crippen LogP contribution < -0.4 is 5.73 Å². The number of aromatic nitrogens is 2. The number of nitrogens with zero attached hydrogens (tertiary/aromatic N) is 3. The molecule has 0 fully saturated rings. The van der Waals surface area contributed by atoms with E-state index in [1.807, 2.05) is 18.7 Å². The van der Waals surface area contributed by atoms with E-state index in [4.69, 9.17) is 5.73 Å². The summed E-state index contributed by atoms with van der Waals surface area (Å²) >= 11 is 0. The van der Waals surface area contributed by atoms with E-state index < -0.39 is 0 Å². The first-order valence-corrected chi connectivity index (χ1v) is 7.00. The van der Waals surface area contributed by atoms with Crippen molar-refractivity contribution < 1.29 is 4.79 Å². The topological polar surface area (TPSA) is 64.2 Å². The number of rotatable bonds is 4. The second kappa shape index (κ2) is 6.79. The lowest BCUT2D eigenvalue weighted by Gasteiger charge is -2.29. The molecule has 1 aromatic rings. The summed E-state index contributed by atoms with van der Waals surface area (Å²) in [5, 5.41) is 4.35. The molecule has 21 heavy (non-hydrogen) atoms. The number of carbonyl (C=O) groups is 1. The summed E-state index contributed by atoms with van der Waals surface area (Å²) in [5.74, 6) is -0.000440. The zero-order valence-electron chi connectivity index (χ0n) is 14.2. The van der Waals surface area contributed by atoms with Gasteiger partial charge in [-0.2, -0.15) is 5.10 Å². The molecule has 0 saturated carbocycles. The lowest BCUT2D eigenvalue weighted by molar-refractivity contribution is 0.0739. The van der Waals surface area contributed by atoms with E-state index in [1.54, 1.807) is 11.1 Å². The van der Waals surface area contributed by atoms with Crippen LogP contribution in [0.2, 0.25) is 0 Å². The predicted octanol–water partition coefficient (Wildman–Crippen LogP) is 2.43. The summed E-state index contributed by atoms with van der Waals surface area (Å²) in [6, 6.07) is 0. The number of amides is 1. The average Bonchev–Trinajstić information content (AvgIpc) is 2.69. The number of hydrogen-bond acceptors (Lipinski definition) is 3. The second-order valence-corrected chi connectivity index (χ2v) is 7.26. The van der Waals surface area contributed by atoms with E-state index in [1.165, 1.54) is 0 Å². The maximum Gasteiger partial charge on any atom is 0.257 e. The van der Waals surface area contributed by atoms with Crippen LogP contribution >= 0.6 is 12.4 Å². The Morgan fingerprint density at radius 3 is 2.24 bits per heavy atom. The van der Waals surface area contributed by atoms with Crippen molar-refractivity contribution in [1.29, 1.82) is 0 Å². The van der Waals surface area contributed by atoms with Crippen molar-refractivity contribution in [3.05, 3.63) is 17.5 Å². The molecule has 0 spiro atoms. The molecule has 1 rings (SSSR count). The van der Waals surface area contributed by atoms with Gasteiger partial charge < -0.3 is 10.6 Å². The Bertz CT molecular complexity index is 488. The molecule has 0 saturated heterocycles. The molecular weight excluding hydrogens is 288 g/mol. The van der Waals surface area contributed by atoms with Crippen LogP contribution in [0.5, 0.6) is 0 Å². The second-order valence-electron chi connectivity index (χ2n) is 7.26. The zero-order valence-corrected chi connectivity index (χ0v) is 15.0. The fraction of sp³-hybridized carbons (Fsp3) is 0.733. The third-order valence-electron chi connectivity index (χ3n) is 3.44. The maximum absolute atomic E-state index is 12.5. The van der Waals surface area contributed by atoms with Crippen LogP contribution in [-0.4, -0.2) is 40.7 Å². The molecular formula is C15H29ClN4O. The average molecular weight is 317 g/mol. The van der Waals surface area contributed by atoms with Gasteiger partial charge in [0.1, 0.15) is 0 Å². The molecule has 1 amide bonds. The lowest BCUT2D eigenvalue weighted by atomic mass is 9.93. The summed E-state index contributed by atoms with van der Waals surface area (Å²) in [6.45, 7) is 13.4. The first-order chi connectivity index (χ1) is 8.99. The zero-order chi connectivity index (χ0) is 15.7. The first-order valence-electron chi connectivity index (χ1n) is 7.00. The van der Waals surface area contributed by atoms with E-state index in [0.29, 0.717) is 18.7 Å². The van der Waals surface area contributed by atoms with Gasteiger partial charge >= 0.3 is 0 Å². The van der Waals surface area contributed by atoms with Crippen LogP contribution in [0.1, 0.15) is 50.7 Å². The summed E-state index contributed by atoms with van der Waals surface area (Å²) in [7, 11) is 1.81. The van der Waals surface area contributed by atoms with Gasteiger partial charge in [0, 0.05) is 19.3 Å². The monoisotopic (exact) mass is 316 g/mol. The van der Waals surface area contributed by atoms with Crippen LogP contribution in [-0.2, 0) is 5.54 Å². The van der Waals surface area contributed by atoms with Crippen LogP contribution in [0.4, 0.5) is 0 Å². The molecule has 122 valence electrons. The largest absolute Gasteiger partial charge is 0.341 e. The van der Waals surface area contributed by atoms with Gasteiger partial charge in [0.15, 0.2) is 0 Å². The molecule has 5 nitrogen and oxygen atoms in total. The Hall–Kier alpha value is -1.07. The van der Waals surface area contributed by atoms with Gasteiger partial charge in [0.2, 0.25) is 0 Å². The quantitative estimate of drug-likeness (QED) is 0.928. The normalized spacial score (nSPS) is 12.0. The third kappa shape index (κ3) is 4.71. The Balaban J connectivity index is 0.00000400. The summed E-state index contributed by atoms with van der Waals surface area (Å²) in [5.41, 5.74) is 7.08. The minimum absolute atomic E-state index is 0. The smallest absolute Gasteiger partial charge is 0.257 e. The molecule has 6 heteroatoms. The highest BCUT2D eigenvalue weighted by atomic mass is 35.5. The van der Waals surface area contributed by atoms with Gasteiger partial charge in [-0.25, -0.2) is 0 Å². The number of halogens is 1. The van der Waals surface area contributed by atoms with Gasteiger partial charge in [-0.1, -0.05) is 13.8 Å². The van der Waals surface area contributed by atoms with Crippen LogP contribution in [0.15, 0.2) is 6.20 Å². The Kier molecular flexibility index (Phi) is 6.45. The molecule has 0 aliphatic carbocycles. The van der Waals surface area contributed by atoms with Gasteiger partial charge in [0.25, 0.3) is 5.91 Å². The minimum atomic E-state index is -0.127. The highest BCUT2D eigenvalue weighted by molar-refractivity contribution is 5.95. The van der Waals surface area contributed by atoms with Crippen molar-refractivity contribution in [1.82, 2.24) is 14.7 Å². The van der Waals surface area contributed by atoms with Crippen LogP contribution in [0.25, 0.3) is 0 Å². The predicted molar refractivity (Wildman–Crippen MR) is 89.0 cm³/mol. The maximum atomic E-state index is 12.5. The highest BCUT2D eigenvalue weighted by Gasteiger charge is 2.26. The molecule has 0 radical (unpaired) electrons. The van der Waals surface area contributed by atoms with Gasteiger partial charge in [-0.15, -0.1) is 12.4 Å². The molecule has 0 aliphatic heterocycles. The van der Waals surface area contributed by atoms with Gasteiger partial charge in [0.05, 0.1) is 17.3 Å². The number of carbonyl (C=O) groups excluding carboxylic acids is 1. The first kappa shape index (κ1) is 19.9. The molecule has 2 N–H and O–H groups in total. The van der Waals surface area contributed by atoms with Gasteiger partial charge in [-0.3, -0.25) is 9.48 Å². The van der Waals surface area contributed by atoms with E-state index >= 15 is 0 Å². The molecule has 0 aliphatic rings. The Labute approximate surface area is 134 Å². The van der Waals surface area contributed by atoms with E-state index in [2.05, 4.69) is 39.7 Å². The SMILES string of the molecule is Cc1c(C(=O)N(C)CC(C)(C)CN)cnn1C(C)(C)C.Cl. The van der Waals surface area contributed by atoms with Crippen LogP contribution in [0.3, 0.4) is 0 Å². The fourth-order valence-electron chi connectivity index (χ4n) is 2.28.